The second kappa shape index (κ2) is 5.78. The monoisotopic (exact) mass is 291 g/mol. The van der Waals surface area contributed by atoms with Gasteiger partial charge < -0.3 is 10.4 Å². The number of anilines is 1. The first-order valence-corrected chi connectivity index (χ1v) is 6.55. The molecule has 21 heavy (non-hydrogen) atoms. The molecule has 8 nitrogen and oxygen atoms in total. The maximum Gasteiger partial charge on any atom is 0.339 e. The number of aromatic carboxylic acids is 1. The molecule has 1 amide bonds. The fourth-order valence-electron chi connectivity index (χ4n) is 2.00. The number of aryl methyl sites for hydroxylation is 3. The maximum atomic E-state index is 12.1. The van der Waals surface area contributed by atoms with Crippen LogP contribution in [0.5, 0.6) is 0 Å². The first kappa shape index (κ1) is 14.8. The van der Waals surface area contributed by atoms with Gasteiger partial charge in [0.15, 0.2) is 11.5 Å². The van der Waals surface area contributed by atoms with Crippen molar-refractivity contribution in [3.63, 3.8) is 0 Å². The molecule has 2 aromatic rings. The van der Waals surface area contributed by atoms with E-state index in [9.17, 15) is 9.59 Å². The average Bonchev–Trinajstić information content (AvgIpc) is 2.94. The lowest BCUT2D eigenvalue weighted by atomic mass is 10.2. The fraction of sp³-hybridized carbons (Fsp3) is 0.385. The lowest BCUT2D eigenvalue weighted by Gasteiger charge is -2.01. The van der Waals surface area contributed by atoms with Gasteiger partial charge in [-0.1, -0.05) is 6.92 Å². The van der Waals surface area contributed by atoms with E-state index in [0.29, 0.717) is 5.82 Å². The number of rotatable bonds is 5. The van der Waals surface area contributed by atoms with Crippen LogP contribution < -0.4 is 5.32 Å². The molecule has 0 aromatic carbocycles. The van der Waals surface area contributed by atoms with Gasteiger partial charge in [0.2, 0.25) is 0 Å². The summed E-state index contributed by atoms with van der Waals surface area (Å²) in [5, 5.41) is 19.8. The Hall–Kier alpha value is -2.64. The first-order valence-electron chi connectivity index (χ1n) is 6.55. The predicted octanol–water partition coefficient (Wildman–Crippen LogP) is 1.29. The zero-order valence-electron chi connectivity index (χ0n) is 12.1. The quantitative estimate of drug-likeness (QED) is 0.864. The van der Waals surface area contributed by atoms with E-state index >= 15 is 0 Å². The van der Waals surface area contributed by atoms with Crippen molar-refractivity contribution in [2.45, 2.75) is 26.8 Å². The third kappa shape index (κ3) is 3.10. The summed E-state index contributed by atoms with van der Waals surface area (Å²) >= 11 is 0. The van der Waals surface area contributed by atoms with Crippen LogP contribution in [-0.4, -0.2) is 36.5 Å². The van der Waals surface area contributed by atoms with E-state index in [1.54, 1.807) is 17.8 Å². The molecule has 0 radical (unpaired) electrons. The molecule has 2 rings (SSSR count). The number of carbonyl (C=O) groups is 2. The minimum Gasteiger partial charge on any atom is -0.478 e. The molecular formula is C13H17N5O3. The molecular weight excluding hydrogens is 274 g/mol. The van der Waals surface area contributed by atoms with E-state index in [4.69, 9.17) is 5.11 Å². The van der Waals surface area contributed by atoms with Gasteiger partial charge in [-0.25, -0.2) is 4.79 Å². The Bertz CT molecular complexity index is 686. The molecule has 0 aliphatic rings. The van der Waals surface area contributed by atoms with Crippen molar-refractivity contribution in [3.05, 3.63) is 29.2 Å². The molecule has 0 atom stereocenters. The molecule has 0 unspecified atom stereocenters. The Labute approximate surface area is 121 Å². The van der Waals surface area contributed by atoms with Crippen molar-refractivity contribution in [1.82, 2.24) is 19.6 Å². The van der Waals surface area contributed by atoms with Crippen molar-refractivity contribution >= 4 is 17.7 Å². The predicted molar refractivity (Wildman–Crippen MR) is 75.4 cm³/mol. The molecule has 2 N–H and O–H groups in total. The van der Waals surface area contributed by atoms with Gasteiger partial charge in [-0.15, -0.1) is 0 Å². The van der Waals surface area contributed by atoms with Gasteiger partial charge >= 0.3 is 5.97 Å². The number of nitrogens with one attached hydrogen (secondary N) is 1. The second-order valence-corrected chi connectivity index (χ2v) is 4.72. The number of nitrogens with zero attached hydrogens (tertiary/aromatic N) is 4. The number of hydrogen-bond donors (Lipinski definition) is 2. The van der Waals surface area contributed by atoms with Gasteiger partial charge in [0.1, 0.15) is 5.56 Å². The SMILES string of the molecule is CCCn1nc(NC(=O)c2nn(C)cc2C(=O)O)cc1C. The number of aromatic nitrogens is 4. The lowest BCUT2D eigenvalue weighted by molar-refractivity contribution is 0.0692. The summed E-state index contributed by atoms with van der Waals surface area (Å²) in [5.41, 5.74) is 0.652. The third-order valence-corrected chi connectivity index (χ3v) is 2.93. The molecule has 2 aromatic heterocycles. The lowest BCUT2D eigenvalue weighted by Crippen LogP contribution is -2.17. The highest BCUT2D eigenvalue weighted by molar-refractivity contribution is 6.08. The van der Waals surface area contributed by atoms with Crippen molar-refractivity contribution < 1.29 is 14.7 Å². The Morgan fingerprint density at radius 3 is 2.71 bits per heavy atom. The Morgan fingerprint density at radius 2 is 2.10 bits per heavy atom. The number of carbonyl (C=O) groups excluding carboxylic acids is 1. The van der Waals surface area contributed by atoms with Gasteiger partial charge in [0.05, 0.1) is 0 Å². The smallest absolute Gasteiger partial charge is 0.339 e. The van der Waals surface area contributed by atoms with Crippen LogP contribution in [0.3, 0.4) is 0 Å². The number of carboxylic acids is 1. The molecule has 8 heteroatoms. The van der Waals surface area contributed by atoms with Crippen LogP contribution in [0.1, 0.15) is 39.9 Å². The molecule has 2 heterocycles. The van der Waals surface area contributed by atoms with E-state index in [1.807, 2.05) is 13.8 Å². The molecule has 0 saturated heterocycles. The van der Waals surface area contributed by atoms with Crippen molar-refractivity contribution in [3.8, 4) is 0 Å². The van der Waals surface area contributed by atoms with Gasteiger partial charge in [0.25, 0.3) is 5.91 Å². The van der Waals surface area contributed by atoms with Gasteiger partial charge in [0, 0.05) is 31.5 Å². The molecule has 0 aliphatic heterocycles. The summed E-state index contributed by atoms with van der Waals surface area (Å²) in [4.78, 5) is 23.2. The summed E-state index contributed by atoms with van der Waals surface area (Å²) < 4.78 is 3.07. The first-order chi connectivity index (χ1) is 9.92. The van der Waals surface area contributed by atoms with Crippen molar-refractivity contribution in [2.24, 2.45) is 7.05 Å². The van der Waals surface area contributed by atoms with Crippen LogP contribution in [0.4, 0.5) is 5.82 Å². The summed E-state index contributed by atoms with van der Waals surface area (Å²) in [6.07, 6.45) is 2.22. The largest absolute Gasteiger partial charge is 0.478 e. The van der Waals surface area contributed by atoms with Gasteiger partial charge in [-0.05, 0) is 13.3 Å². The zero-order chi connectivity index (χ0) is 15.6. The van der Waals surface area contributed by atoms with Crippen LogP contribution in [0.2, 0.25) is 0 Å². The summed E-state index contributed by atoms with van der Waals surface area (Å²) in [6, 6.07) is 1.73. The van der Waals surface area contributed by atoms with E-state index in [2.05, 4.69) is 15.5 Å². The van der Waals surface area contributed by atoms with E-state index < -0.39 is 11.9 Å². The molecule has 0 bridgehead atoms. The minimum atomic E-state index is -1.19. The molecule has 0 fully saturated rings. The van der Waals surface area contributed by atoms with E-state index in [1.165, 1.54) is 10.9 Å². The normalized spacial score (nSPS) is 10.6. The summed E-state index contributed by atoms with van der Waals surface area (Å²) in [5.74, 6) is -1.40. The molecule has 0 saturated carbocycles. The molecule has 0 aliphatic carbocycles. The van der Waals surface area contributed by atoms with Gasteiger partial charge in [-0.3, -0.25) is 14.2 Å². The second-order valence-electron chi connectivity index (χ2n) is 4.72. The fourth-order valence-corrected chi connectivity index (χ4v) is 2.00. The zero-order valence-corrected chi connectivity index (χ0v) is 12.1. The van der Waals surface area contributed by atoms with Crippen molar-refractivity contribution in [1.29, 1.82) is 0 Å². The standard InChI is InChI=1S/C13H17N5O3/c1-4-5-18-8(2)6-10(15-18)14-12(19)11-9(13(20)21)7-17(3)16-11/h6-7H,4-5H2,1-3H3,(H,20,21)(H,14,15,19). The number of amides is 1. The van der Waals surface area contributed by atoms with Crippen LogP contribution in [-0.2, 0) is 13.6 Å². The average molecular weight is 291 g/mol. The van der Waals surface area contributed by atoms with Crippen LogP contribution in [0.25, 0.3) is 0 Å². The Kier molecular flexibility index (Phi) is 4.06. The van der Waals surface area contributed by atoms with Crippen LogP contribution in [0, 0.1) is 6.92 Å². The third-order valence-electron chi connectivity index (χ3n) is 2.93. The summed E-state index contributed by atoms with van der Waals surface area (Å²) in [6.45, 7) is 4.68. The molecule has 0 spiro atoms. The highest BCUT2D eigenvalue weighted by atomic mass is 16.4. The Balaban J connectivity index is 2.22. The van der Waals surface area contributed by atoms with Crippen LogP contribution in [0.15, 0.2) is 12.3 Å². The van der Waals surface area contributed by atoms with E-state index in [0.717, 1.165) is 18.7 Å². The van der Waals surface area contributed by atoms with Crippen LogP contribution >= 0.6 is 0 Å². The summed E-state index contributed by atoms with van der Waals surface area (Å²) in [7, 11) is 1.56. The van der Waals surface area contributed by atoms with E-state index in [-0.39, 0.29) is 11.3 Å². The maximum absolute atomic E-state index is 12.1. The number of carboxylic acid groups (broad SMARTS) is 1. The van der Waals surface area contributed by atoms with Gasteiger partial charge in [-0.2, -0.15) is 10.2 Å². The highest BCUT2D eigenvalue weighted by Gasteiger charge is 2.21. The highest BCUT2D eigenvalue weighted by Crippen LogP contribution is 2.12. The van der Waals surface area contributed by atoms with Crippen molar-refractivity contribution in [2.75, 3.05) is 5.32 Å². The topological polar surface area (TPSA) is 102 Å². The number of hydrogen-bond acceptors (Lipinski definition) is 4. The molecule has 112 valence electrons. The minimum absolute atomic E-state index is 0.132. The Morgan fingerprint density at radius 1 is 1.38 bits per heavy atom.